The van der Waals surface area contributed by atoms with Crippen LogP contribution in [0.5, 0.6) is 11.5 Å². The largest absolute Gasteiger partial charge is 0.453 e. The lowest BCUT2D eigenvalue weighted by Gasteiger charge is -2.08. The van der Waals surface area contributed by atoms with Gasteiger partial charge in [-0.05, 0) is 25.1 Å². The molecular weight excluding hydrogens is 268 g/mol. The van der Waals surface area contributed by atoms with Crippen molar-refractivity contribution in [3.05, 3.63) is 41.2 Å². The molecule has 3 N–H and O–H groups in total. The summed E-state index contributed by atoms with van der Waals surface area (Å²) in [6.45, 7) is 2.72. The van der Waals surface area contributed by atoms with E-state index < -0.39 is 0 Å². The summed E-state index contributed by atoms with van der Waals surface area (Å²) in [5.74, 6) is 0.937. The molecule has 19 heavy (non-hydrogen) atoms. The lowest BCUT2D eigenvalue weighted by molar-refractivity contribution is 0.318. The van der Waals surface area contributed by atoms with Gasteiger partial charge in [0.05, 0.1) is 18.0 Å². The SMILES string of the molecule is CCn1cc(Oc2ccc(Cl)cc2/C(N)=N/O)cn1. The molecule has 7 heteroatoms. The molecule has 0 atom stereocenters. The lowest BCUT2D eigenvalue weighted by Crippen LogP contribution is -2.14. The first-order chi connectivity index (χ1) is 9.13. The van der Waals surface area contributed by atoms with E-state index in [0.29, 0.717) is 22.1 Å². The van der Waals surface area contributed by atoms with Gasteiger partial charge in [0, 0.05) is 11.6 Å². The van der Waals surface area contributed by atoms with Crippen LogP contribution in [0.4, 0.5) is 0 Å². The van der Waals surface area contributed by atoms with Crippen molar-refractivity contribution in [1.29, 1.82) is 0 Å². The summed E-state index contributed by atoms with van der Waals surface area (Å²) < 4.78 is 7.39. The molecule has 2 rings (SSSR count). The smallest absolute Gasteiger partial charge is 0.173 e. The predicted molar refractivity (Wildman–Crippen MR) is 71.9 cm³/mol. The molecule has 0 aliphatic heterocycles. The van der Waals surface area contributed by atoms with E-state index in [1.807, 2.05) is 6.92 Å². The van der Waals surface area contributed by atoms with Crippen LogP contribution in [0.2, 0.25) is 5.02 Å². The second kappa shape index (κ2) is 5.62. The Labute approximate surface area is 115 Å². The van der Waals surface area contributed by atoms with Crippen molar-refractivity contribution in [2.45, 2.75) is 13.5 Å². The van der Waals surface area contributed by atoms with Crippen molar-refractivity contribution >= 4 is 17.4 Å². The van der Waals surface area contributed by atoms with Gasteiger partial charge in [0.15, 0.2) is 11.6 Å². The molecule has 0 unspecified atom stereocenters. The summed E-state index contributed by atoms with van der Waals surface area (Å²) in [6.07, 6.45) is 3.35. The summed E-state index contributed by atoms with van der Waals surface area (Å²) in [4.78, 5) is 0. The van der Waals surface area contributed by atoms with Gasteiger partial charge in [-0.3, -0.25) is 4.68 Å². The van der Waals surface area contributed by atoms with E-state index in [2.05, 4.69) is 10.3 Å². The Kier molecular flexibility index (Phi) is 3.91. The average Bonchev–Trinajstić information content (AvgIpc) is 2.87. The molecule has 0 radical (unpaired) electrons. The number of rotatable bonds is 4. The fourth-order valence-electron chi connectivity index (χ4n) is 1.54. The molecule has 0 aliphatic rings. The number of hydrogen-bond donors (Lipinski definition) is 2. The Morgan fingerprint density at radius 1 is 1.58 bits per heavy atom. The molecule has 1 heterocycles. The van der Waals surface area contributed by atoms with Gasteiger partial charge >= 0.3 is 0 Å². The summed E-state index contributed by atoms with van der Waals surface area (Å²) in [5.41, 5.74) is 6.01. The van der Waals surface area contributed by atoms with Gasteiger partial charge in [0.2, 0.25) is 0 Å². The highest BCUT2D eigenvalue weighted by atomic mass is 35.5. The first kappa shape index (κ1) is 13.2. The van der Waals surface area contributed by atoms with E-state index in [4.69, 9.17) is 27.3 Å². The third-order valence-corrected chi connectivity index (χ3v) is 2.72. The highest BCUT2D eigenvalue weighted by Gasteiger charge is 2.11. The molecule has 0 amide bonds. The first-order valence-electron chi connectivity index (χ1n) is 5.61. The standard InChI is InChI=1S/C12H13ClN4O2/c1-2-17-7-9(6-15-17)19-11-4-3-8(13)5-10(11)12(14)16-18/h3-7,18H,2H2,1H3,(H2,14,16). The van der Waals surface area contributed by atoms with E-state index in [0.717, 1.165) is 6.54 Å². The number of aromatic nitrogens is 2. The second-order valence-electron chi connectivity index (χ2n) is 3.76. The van der Waals surface area contributed by atoms with Crippen LogP contribution < -0.4 is 10.5 Å². The Balaban J connectivity index is 2.34. The van der Waals surface area contributed by atoms with Crippen molar-refractivity contribution in [3.63, 3.8) is 0 Å². The minimum atomic E-state index is -0.0691. The fraction of sp³-hybridized carbons (Fsp3) is 0.167. The maximum atomic E-state index is 8.76. The van der Waals surface area contributed by atoms with E-state index in [-0.39, 0.29) is 5.84 Å². The van der Waals surface area contributed by atoms with Gasteiger partial charge in [0.1, 0.15) is 5.75 Å². The molecule has 0 saturated carbocycles. The molecule has 0 fully saturated rings. The highest BCUT2D eigenvalue weighted by molar-refractivity contribution is 6.31. The molecule has 100 valence electrons. The zero-order valence-electron chi connectivity index (χ0n) is 10.2. The number of nitrogens with zero attached hydrogens (tertiary/aromatic N) is 3. The number of ether oxygens (including phenoxy) is 1. The Morgan fingerprint density at radius 3 is 3.00 bits per heavy atom. The Morgan fingerprint density at radius 2 is 2.37 bits per heavy atom. The zero-order valence-corrected chi connectivity index (χ0v) is 11.0. The number of benzene rings is 1. The van der Waals surface area contributed by atoms with E-state index >= 15 is 0 Å². The van der Waals surface area contributed by atoms with Crippen molar-refractivity contribution < 1.29 is 9.94 Å². The van der Waals surface area contributed by atoms with Crippen LogP contribution in [0, 0.1) is 0 Å². The monoisotopic (exact) mass is 280 g/mol. The van der Waals surface area contributed by atoms with Gasteiger partial charge in [-0.2, -0.15) is 5.10 Å². The topological polar surface area (TPSA) is 85.7 Å². The lowest BCUT2D eigenvalue weighted by atomic mass is 10.2. The number of hydrogen-bond acceptors (Lipinski definition) is 4. The van der Waals surface area contributed by atoms with E-state index in [1.54, 1.807) is 35.3 Å². The van der Waals surface area contributed by atoms with Crippen LogP contribution in [0.15, 0.2) is 35.7 Å². The van der Waals surface area contributed by atoms with Crippen LogP contribution in [-0.4, -0.2) is 20.8 Å². The van der Waals surface area contributed by atoms with Gasteiger partial charge in [0.25, 0.3) is 0 Å². The zero-order chi connectivity index (χ0) is 13.8. The number of amidine groups is 1. The number of oxime groups is 1. The van der Waals surface area contributed by atoms with Crippen molar-refractivity contribution in [1.82, 2.24) is 9.78 Å². The molecule has 6 nitrogen and oxygen atoms in total. The van der Waals surface area contributed by atoms with Crippen molar-refractivity contribution in [2.75, 3.05) is 0 Å². The summed E-state index contributed by atoms with van der Waals surface area (Å²) in [6, 6.07) is 4.88. The minimum absolute atomic E-state index is 0.0691. The fourth-order valence-corrected chi connectivity index (χ4v) is 1.71. The first-order valence-corrected chi connectivity index (χ1v) is 5.99. The third-order valence-electron chi connectivity index (χ3n) is 2.49. The van der Waals surface area contributed by atoms with Gasteiger partial charge in [-0.1, -0.05) is 16.8 Å². The van der Waals surface area contributed by atoms with Gasteiger partial charge < -0.3 is 15.7 Å². The van der Waals surface area contributed by atoms with Crippen LogP contribution in [0.1, 0.15) is 12.5 Å². The van der Waals surface area contributed by atoms with Crippen molar-refractivity contribution in [2.24, 2.45) is 10.9 Å². The van der Waals surface area contributed by atoms with Crippen LogP contribution in [0.3, 0.4) is 0 Å². The number of nitrogens with two attached hydrogens (primary N) is 1. The van der Waals surface area contributed by atoms with Crippen LogP contribution >= 0.6 is 11.6 Å². The summed E-state index contributed by atoms with van der Waals surface area (Å²) in [7, 11) is 0. The van der Waals surface area contributed by atoms with E-state index in [9.17, 15) is 0 Å². The van der Waals surface area contributed by atoms with Crippen molar-refractivity contribution in [3.8, 4) is 11.5 Å². The summed E-state index contributed by atoms with van der Waals surface area (Å²) >= 11 is 5.88. The number of aryl methyl sites for hydroxylation is 1. The molecule has 0 aliphatic carbocycles. The molecule has 0 bridgehead atoms. The predicted octanol–water partition coefficient (Wildman–Crippen LogP) is 2.44. The molecule has 1 aromatic carbocycles. The van der Waals surface area contributed by atoms with E-state index in [1.165, 1.54) is 0 Å². The van der Waals surface area contributed by atoms with Gasteiger partial charge in [-0.15, -0.1) is 0 Å². The number of halogens is 1. The Bertz CT molecular complexity index is 610. The highest BCUT2D eigenvalue weighted by Crippen LogP contribution is 2.27. The second-order valence-corrected chi connectivity index (χ2v) is 4.20. The van der Waals surface area contributed by atoms with Crippen LogP contribution in [0.25, 0.3) is 0 Å². The van der Waals surface area contributed by atoms with Gasteiger partial charge in [-0.25, -0.2) is 0 Å². The molecule has 0 spiro atoms. The third kappa shape index (κ3) is 2.97. The molecule has 1 aromatic heterocycles. The average molecular weight is 281 g/mol. The molecule has 0 saturated heterocycles. The maximum absolute atomic E-state index is 8.76. The normalized spacial score (nSPS) is 11.6. The van der Waals surface area contributed by atoms with Crippen LogP contribution in [-0.2, 0) is 6.54 Å². The molecule has 2 aromatic rings. The minimum Gasteiger partial charge on any atom is -0.453 e. The maximum Gasteiger partial charge on any atom is 0.173 e. The summed E-state index contributed by atoms with van der Waals surface area (Å²) in [5, 5.41) is 16.3. The quantitative estimate of drug-likeness (QED) is 0.390. The Hall–Kier alpha value is -2.21. The molecular formula is C12H13ClN4O2.